The van der Waals surface area contributed by atoms with Gasteiger partial charge in [-0.3, -0.25) is 4.79 Å². The fraction of sp³-hybridized carbons (Fsp3) is 0.250. The molecule has 8 nitrogen and oxygen atoms in total. The van der Waals surface area contributed by atoms with Crippen LogP contribution >= 0.6 is 0 Å². The molecule has 1 aromatic heterocycles. The quantitative estimate of drug-likeness (QED) is 0.636. The van der Waals surface area contributed by atoms with E-state index in [2.05, 4.69) is 15.5 Å². The summed E-state index contributed by atoms with van der Waals surface area (Å²) in [5, 5.41) is 6.62. The fourth-order valence-corrected chi connectivity index (χ4v) is 3.44. The molecule has 29 heavy (non-hydrogen) atoms. The normalized spacial score (nSPS) is 12.7. The molecule has 1 atom stereocenters. The summed E-state index contributed by atoms with van der Waals surface area (Å²) >= 11 is 0. The van der Waals surface area contributed by atoms with Crippen LogP contribution in [0.2, 0.25) is 0 Å². The average Bonchev–Trinajstić information content (AvgIpc) is 3.16. The lowest BCUT2D eigenvalue weighted by atomic mass is 10.1. The van der Waals surface area contributed by atoms with E-state index in [9.17, 15) is 13.2 Å². The largest absolute Gasteiger partial charge is 0.345 e. The number of hydrogen-bond donors (Lipinski definition) is 1. The molecule has 1 heterocycles. The molecule has 0 spiro atoms. The Bertz CT molecular complexity index is 1100. The predicted octanol–water partition coefficient (Wildman–Crippen LogP) is 2.29. The maximum atomic E-state index is 12.8. The van der Waals surface area contributed by atoms with Crippen molar-refractivity contribution < 1.29 is 17.7 Å². The lowest BCUT2D eigenvalue weighted by molar-refractivity contribution is -0.125. The van der Waals surface area contributed by atoms with Gasteiger partial charge in [-0.05, 0) is 18.6 Å². The lowest BCUT2D eigenvalue weighted by Crippen LogP contribution is -2.41. The number of carbonyl (C=O) groups excluding carboxylic acids is 1. The van der Waals surface area contributed by atoms with Gasteiger partial charge < -0.3 is 9.84 Å². The third-order valence-electron chi connectivity index (χ3n) is 4.41. The highest BCUT2D eigenvalue weighted by molar-refractivity contribution is 7.88. The number of sulfonamides is 1. The number of nitrogens with zero attached hydrogens (tertiary/aromatic N) is 3. The number of rotatable bonds is 7. The summed E-state index contributed by atoms with van der Waals surface area (Å²) in [6, 6.07) is 15.3. The van der Waals surface area contributed by atoms with Crippen LogP contribution in [-0.4, -0.2) is 42.1 Å². The highest BCUT2D eigenvalue weighted by atomic mass is 32.2. The van der Waals surface area contributed by atoms with E-state index in [-0.39, 0.29) is 12.4 Å². The van der Waals surface area contributed by atoms with E-state index in [1.165, 1.54) is 7.05 Å². The maximum absolute atomic E-state index is 12.8. The van der Waals surface area contributed by atoms with Crippen molar-refractivity contribution in [3.63, 3.8) is 0 Å². The van der Waals surface area contributed by atoms with Crippen molar-refractivity contribution in [3.05, 3.63) is 71.6 Å². The minimum Gasteiger partial charge on any atom is -0.345 e. The molecule has 0 radical (unpaired) electrons. The zero-order chi connectivity index (χ0) is 21.0. The zero-order valence-electron chi connectivity index (χ0n) is 16.4. The molecule has 1 N–H and O–H groups in total. The van der Waals surface area contributed by atoms with Crippen molar-refractivity contribution in [2.45, 2.75) is 19.5 Å². The van der Waals surface area contributed by atoms with Gasteiger partial charge >= 0.3 is 0 Å². The van der Waals surface area contributed by atoms with Crippen LogP contribution in [0.1, 0.15) is 23.1 Å². The van der Waals surface area contributed by atoms with E-state index in [1.807, 2.05) is 31.2 Å². The number of benzene rings is 2. The van der Waals surface area contributed by atoms with Gasteiger partial charge in [0.25, 0.3) is 0 Å². The first kappa shape index (κ1) is 20.7. The molecule has 0 saturated heterocycles. The predicted molar refractivity (Wildman–Crippen MR) is 108 cm³/mol. The lowest BCUT2D eigenvalue weighted by Gasteiger charge is -2.25. The second-order valence-electron chi connectivity index (χ2n) is 6.69. The monoisotopic (exact) mass is 414 g/mol. The smallest absolute Gasteiger partial charge is 0.246 e. The number of nitrogens with one attached hydrogen (secondary N) is 1. The zero-order valence-corrected chi connectivity index (χ0v) is 17.2. The van der Waals surface area contributed by atoms with Gasteiger partial charge in [0.2, 0.25) is 27.6 Å². The first-order valence-corrected chi connectivity index (χ1v) is 10.8. The minimum atomic E-state index is -3.59. The van der Waals surface area contributed by atoms with E-state index in [4.69, 9.17) is 4.52 Å². The Morgan fingerprint density at radius 2 is 1.90 bits per heavy atom. The summed E-state index contributed by atoms with van der Waals surface area (Å²) in [5.74, 6) is 0.161. The molecule has 0 bridgehead atoms. The van der Waals surface area contributed by atoms with Crippen molar-refractivity contribution >= 4 is 15.9 Å². The Hall–Kier alpha value is -3.04. The summed E-state index contributed by atoms with van der Waals surface area (Å²) in [6.07, 6.45) is 1.06. The second-order valence-corrected chi connectivity index (χ2v) is 8.73. The topological polar surface area (TPSA) is 105 Å². The van der Waals surface area contributed by atoms with Gasteiger partial charge in [-0.1, -0.05) is 59.3 Å². The highest BCUT2D eigenvalue weighted by Crippen LogP contribution is 2.22. The highest BCUT2D eigenvalue weighted by Gasteiger charge is 2.30. The molecule has 3 aromatic rings. The Kier molecular flexibility index (Phi) is 6.09. The molecular weight excluding hydrogens is 392 g/mol. The van der Waals surface area contributed by atoms with Gasteiger partial charge in [-0.15, -0.1) is 0 Å². The summed E-state index contributed by atoms with van der Waals surface area (Å²) in [6.45, 7) is 1.95. The van der Waals surface area contributed by atoms with E-state index in [1.54, 1.807) is 30.3 Å². The summed E-state index contributed by atoms with van der Waals surface area (Å²) in [4.78, 5) is 17.1. The summed E-state index contributed by atoms with van der Waals surface area (Å²) < 4.78 is 30.3. The van der Waals surface area contributed by atoms with Gasteiger partial charge in [-0.25, -0.2) is 8.42 Å². The SMILES string of the molecule is Cc1cccc(-c2noc(CNC(=O)C(c3ccccc3)N(C)S(C)(=O)=O)n2)c1. The van der Waals surface area contributed by atoms with E-state index < -0.39 is 22.0 Å². The van der Waals surface area contributed by atoms with Crippen LogP contribution in [0, 0.1) is 6.92 Å². The number of aryl methyl sites for hydroxylation is 1. The Morgan fingerprint density at radius 3 is 2.55 bits per heavy atom. The van der Waals surface area contributed by atoms with Crippen molar-refractivity contribution in [1.29, 1.82) is 0 Å². The standard InChI is InChI=1S/C20H22N4O4S/c1-14-8-7-11-16(12-14)19-22-17(28-23-19)13-21-20(25)18(24(2)29(3,26)27)15-9-5-4-6-10-15/h4-12,18H,13H2,1-3H3,(H,21,25). The van der Waals surface area contributed by atoms with Gasteiger partial charge in [0.15, 0.2) is 0 Å². The van der Waals surface area contributed by atoms with E-state index in [0.29, 0.717) is 11.4 Å². The van der Waals surface area contributed by atoms with Gasteiger partial charge in [-0.2, -0.15) is 9.29 Å². The van der Waals surface area contributed by atoms with Crippen LogP contribution in [0.4, 0.5) is 0 Å². The first-order valence-electron chi connectivity index (χ1n) is 8.91. The molecule has 0 fully saturated rings. The number of amides is 1. The van der Waals surface area contributed by atoms with Crippen molar-refractivity contribution in [2.75, 3.05) is 13.3 Å². The first-order chi connectivity index (χ1) is 13.8. The van der Waals surface area contributed by atoms with Crippen LogP contribution in [0.25, 0.3) is 11.4 Å². The molecule has 0 aliphatic rings. The molecule has 1 unspecified atom stereocenters. The van der Waals surface area contributed by atoms with Gasteiger partial charge in [0.1, 0.15) is 6.04 Å². The minimum absolute atomic E-state index is 0.0153. The third-order valence-corrected chi connectivity index (χ3v) is 5.67. The maximum Gasteiger partial charge on any atom is 0.246 e. The summed E-state index contributed by atoms with van der Waals surface area (Å²) in [7, 11) is -2.22. The average molecular weight is 414 g/mol. The molecule has 1 amide bonds. The number of likely N-dealkylation sites (N-methyl/N-ethyl adjacent to an activating group) is 1. The Morgan fingerprint density at radius 1 is 1.17 bits per heavy atom. The summed E-state index contributed by atoms with van der Waals surface area (Å²) in [5.41, 5.74) is 2.44. The molecule has 0 aliphatic heterocycles. The van der Waals surface area contributed by atoms with Crippen LogP contribution in [0.15, 0.2) is 59.1 Å². The van der Waals surface area contributed by atoms with E-state index >= 15 is 0 Å². The van der Waals surface area contributed by atoms with Crippen LogP contribution in [0.5, 0.6) is 0 Å². The molecule has 9 heteroatoms. The van der Waals surface area contributed by atoms with Crippen molar-refractivity contribution in [3.8, 4) is 11.4 Å². The van der Waals surface area contributed by atoms with Crippen molar-refractivity contribution in [2.24, 2.45) is 0 Å². The fourth-order valence-electron chi connectivity index (χ4n) is 2.84. The molecule has 0 saturated carbocycles. The van der Waals surface area contributed by atoms with Crippen LogP contribution in [-0.2, 0) is 21.4 Å². The number of hydrogen-bond acceptors (Lipinski definition) is 6. The van der Waals surface area contributed by atoms with Crippen LogP contribution < -0.4 is 5.32 Å². The third kappa shape index (κ3) is 5.07. The molecule has 3 rings (SSSR count). The molecular formula is C20H22N4O4S. The van der Waals surface area contributed by atoms with Crippen molar-refractivity contribution in [1.82, 2.24) is 19.8 Å². The number of aromatic nitrogens is 2. The Labute approximate surface area is 169 Å². The molecule has 2 aromatic carbocycles. The molecule has 152 valence electrons. The van der Waals surface area contributed by atoms with E-state index in [0.717, 1.165) is 21.7 Å². The van der Waals surface area contributed by atoms with Gasteiger partial charge in [0, 0.05) is 12.6 Å². The number of carbonyl (C=O) groups is 1. The Balaban J connectivity index is 1.75. The second kappa shape index (κ2) is 8.54. The van der Waals surface area contributed by atoms with Crippen LogP contribution in [0.3, 0.4) is 0 Å². The molecule has 0 aliphatic carbocycles. The van der Waals surface area contributed by atoms with Gasteiger partial charge in [0.05, 0.1) is 12.8 Å².